The molecule has 0 bridgehead atoms. The molecule has 0 unspecified atom stereocenters. The summed E-state index contributed by atoms with van der Waals surface area (Å²) in [5, 5.41) is 21.9. The van der Waals surface area contributed by atoms with Crippen LogP contribution in [0.5, 0.6) is 0 Å². The van der Waals surface area contributed by atoms with Crippen LogP contribution >= 0.6 is 0 Å². The van der Waals surface area contributed by atoms with Gasteiger partial charge in [-0.1, -0.05) is 19.1 Å². The van der Waals surface area contributed by atoms with Crippen molar-refractivity contribution in [2.24, 2.45) is 0 Å². The van der Waals surface area contributed by atoms with Gasteiger partial charge in [-0.05, 0) is 24.1 Å². The summed E-state index contributed by atoms with van der Waals surface area (Å²) < 4.78 is 0. The summed E-state index contributed by atoms with van der Waals surface area (Å²) in [4.78, 5) is 32.9. The Morgan fingerprint density at radius 2 is 1.75 bits per heavy atom. The van der Waals surface area contributed by atoms with Gasteiger partial charge in [-0.25, -0.2) is 9.59 Å². The third-order valence-corrected chi connectivity index (χ3v) is 2.60. The second-order valence-electron chi connectivity index (χ2n) is 4.14. The van der Waals surface area contributed by atoms with Gasteiger partial charge >= 0.3 is 18.0 Å². The van der Waals surface area contributed by atoms with Crippen LogP contribution in [-0.4, -0.2) is 34.2 Å². The zero-order valence-electron chi connectivity index (χ0n) is 10.9. The van der Waals surface area contributed by atoms with Crippen LogP contribution in [0.4, 0.5) is 10.5 Å². The molecule has 7 nitrogen and oxygen atoms in total. The first kappa shape index (κ1) is 15.5. The number of urea groups is 1. The molecule has 1 atom stereocenters. The summed E-state index contributed by atoms with van der Waals surface area (Å²) >= 11 is 0. The first-order valence-corrected chi connectivity index (χ1v) is 6.03. The number of carboxylic acid groups (broad SMARTS) is 2. The molecule has 0 aliphatic heterocycles. The van der Waals surface area contributed by atoms with E-state index in [2.05, 4.69) is 10.6 Å². The number of nitrogens with one attached hydrogen (secondary N) is 2. The molecule has 0 aliphatic rings. The molecule has 0 saturated carbocycles. The Morgan fingerprint density at radius 3 is 2.20 bits per heavy atom. The second kappa shape index (κ2) is 7.13. The Balaban J connectivity index is 2.60. The number of carbonyl (C=O) groups is 3. The van der Waals surface area contributed by atoms with Crippen LogP contribution in [0.2, 0.25) is 0 Å². The van der Waals surface area contributed by atoms with Crippen LogP contribution in [0, 0.1) is 0 Å². The highest BCUT2D eigenvalue weighted by atomic mass is 16.4. The normalized spacial score (nSPS) is 11.4. The molecule has 1 rings (SSSR count). The first-order chi connectivity index (χ1) is 9.42. The zero-order valence-corrected chi connectivity index (χ0v) is 10.9. The maximum Gasteiger partial charge on any atom is 0.326 e. The quantitative estimate of drug-likeness (QED) is 0.626. The van der Waals surface area contributed by atoms with E-state index in [-0.39, 0.29) is 0 Å². The lowest BCUT2D eigenvalue weighted by Gasteiger charge is -2.13. The Hall–Kier alpha value is -2.57. The van der Waals surface area contributed by atoms with E-state index in [1.807, 2.05) is 19.1 Å². The van der Waals surface area contributed by atoms with Gasteiger partial charge in [-0.3, -0.25) is 4.79 Å². The van der Waals surface area contributed by atoms with E-state index >= 15 is 0 Å². The molecule has 20 heavy (non-hydrogen) atoms. The molecule has 0 aliphatic carbocycles. The number of carbonyl (C=O) groups excluding carboxylic acids is 1. The standard InChI is InChI=1S/C13H16N2O5/c1-2-8-3-5-9(6-4-8)14-13(20)15-10(12(18)19)7-11(16)17/h3-6,10H,2,7H2,1H3,(H,16,17)(H,18,19)(H2,14,15,20)/t10-/m1/s1. The van der Waals surface area contributed by atoms with Crippen molar-refractivity contribution in [1.82, 2.24) is 5.32 Å². The van der Waals surface area contributed by atoms with E-state index in [9.17, 15) is 14.4 Å². The minimum atomic E-state index is -1.47. The van der Waals surface area contributed by atoms with Crippen molar-refractivity contribution in [3.8, 4) is 0 Å². The average Bonchev–Trinajstić information content (AvgIpc) is 2.38. The van der Waals surface area contributed by atoms with Crippen molar-refractivity contribution < 1.29 is 24.6 Å². The lowest BCUT2D eigenvalue weighted by molar-refractivity contribution is -0.145. The Kier molecular flexibility index (Phi) is 5.52. The van der Waals surface area contributed by atoms with Crippen LogP contribution in [0.25, 0.3) is 0 Å². The molecule has 4 N–H and O–H groups in total. The van der Waals surface area contributed by atoms with Gasteiger partial charge in [0.2, 0.25) is 0 Å². The number of hydrogen-bond donors (Lipinski definition) is 4. The minimum Gasteiger partial charge on any atom is -0.481 e. The van der Waals surface area contributed by atoms with Gasteiger partial charge in [0, 0.05) is 5.69 Å². The molecule has 108 valence electrons. The van der Waals surface area contributed by atoms with Gasteiger partial charge in [0.25, 0.3) is 0 Å². The van der Waals surface area contributed by atoms with Gasteiger partial charge in [-0.15, -0.1) is 0 Å². The smallest absolute Gasteiger partial charge is 0.326 e. The number of anilines is 1. The van der Waals surface area contributed by atoms with E-state index in [1.165, 1.54) is 0 Å². The number of rotatable bonds is 6. The highest BCUT2D eigenvalue weighted by Gasteiger charge is 2.22. The van der Waals surface area contributed by atoms with Crippen molar-refractivity contribution in [1.29, 1.82) is 0 Å². The number of hydrogen-bond acceptors (Lipinski definition) is 3. The molecule has 0 heterocycles. The van der Waals surface area contributed by atoms with Crippen LogP contribution < -0.4 is 10.6 Å². The summed E-state index contributed by atoms with van der Waals surface area (Å²) in [7, 11) is 0. The Bertz CT molecular complexity index is 498. The predicted octanol–water partition coefficient (Wildman–Crippen LogP) is 1.30. The fraction of sp³-hybridized carbons (Fsp3) is 0.308. The monoisotopic (exact) mass is 280 g/mol. The van der Waals surface area contributed by atoms with Crippen molar-refractivity contribution in [3.05, 3.63) is 29.8 Å². The van der Waals surface area contributed by atoms with Gasteiger partial charge in [0.1, 0.15) is 6.04 Å². The molecule has 1 aromatic rings. The van der Waals surface area contributed by atoms with E-state index in [0.717, 1.165) is 12.0 Å². The summed E-state index contributed by atoms with van der Waals surface area (Å²) in [6.45, 7) is 2.00. The van der Waals surface area contributed by atoms with Crippen molar-refractivity contribution in [3.63, 3.8) is 0 Å². The molecule has 7 heteroatoms. The van der Waals surface area contributed by atoms with Crippen molar-refractivity contribution in [2.45, 2.75) is 25.8 Å². The largest absolute Gasteiger partial charge is 0.481 e. The summed E-state index contributed by atoms with van der Waals surface area (Å²) in [6.07, 6.45) is 0.184. The number of amides is 2. The van der Waals surface area contributed by atoms with Crippen LogP contribution in [0.1, 0.15) is 18.9 Å². The Morgan fingerprint density at radius 1 is 1.15 bits per heavy atom. The number of aryl methyl sites for hydroxylation is 1. The topological polar surface area (TPSA) is 116 Å². The lowest BCUT2D eigenvalue weighted by Crippen LogP contribution is -2.44. The first-order valence-electron chi connectivity index (χ1n) is 6.03. The predicted molar refractivity (Wildman–Crippen MR) is 71.7 cm³/mol. The van der Waals surface area contributed by atoms with E-state index < -0.39 is 30.4 Å². The molecule has 1 aromatic carbocycles. The van der Waals surface area contributed by atoms with Crippen LogP contribution in [-0.2, 0) is 16.0 Å². The van der Waals surface area contributed by atoms with E-state index in [4.69, 9.17) is 10.2 Å². The fourth-order valence-corrected chi connectivity index (χ4v) is 1.52. The highest BCUT2D eigenvalue weighted by molar-refractivity contribution is 5.93. The summed E-state index contributed by atoms with van der Waals surface area (Å²) in [5.41, 5.74) is 1.60. The fourth-order valence-electron chi connectivity index (χ4n) is 1.52. The van der Waals surface area contributed by atoms with Gasteiger partial charge in [-0.2, -0.15) is 0 Å². The molecule has 0 spiro atoms. The van der Waals surface area contributed by atoms with Gasteiger partial charge < -0.3 is 20.8 Å². The number of benzene rings is 1. The second-order valence-corrected chi connectivity index (χ2v) is 4.14. The van der Waals surface area contributed by atoms with Crippen molar-refractivity contribution >= 4 is 23.7 Å². The van der Waals surface area contributed by atoms with Crippen LogP contribution in [0.15, 0.2) is 24.3 Å². The molecular formula is C13H16N2O5. The highest BCUT2D eigenvalue weighted by Crippen LogP contribution is 2.09. The summed E-state index contributed by atoms with van der Waals surface area (Å²) in [5.74, 6) is -2.70. The molecule has 0 saturated heterocycles. The minimum absolute atomic E-state index is 0.499. The van der Waals surface area contributed by atoms with E-state index in [1.54, 1.807) is 12.1 Å². The maximum absolute atomic E-state index is 11.6. The maximum atomic E-state index is 11.6. The third-order valence-electron chi connectivity index (χ3n) is 2.60. The average molecular weight is 280 g/mol. The zero-order chi connectivity index (χ0) is 15.1. The van der Waals surface area contributed by atoms with Crippen molar-refractivity contribution in [2.75, 3.05) is 5.32 Å². The molecular weight excluding hydrogens is 264 g/mol. The number of carboxylic acids is 2. The van der Waals surface area contributed by atoms with Gasteiger partial charge in [0.15, 0.2) is 0 Å². The number of aliphatic carboxylic acids is 2. The third kappa shape index (κ3) is 4.97. The SMILES string of the molecule is CCc1ccc(NC(=O)N[C@H](CC(=O)O)C(=O)O)cc1. The van der Waals surface area contributed by atoms with E-state index in [0.29, 0.717) is 5.69 Å². The molecule has 2 amide bonds. The summed E-state index contributed by atoms with van der Waals surface area (Å²) in [6, 6.07) is 4.81. The molecule has 0 aromatic heterocycles. The molecule has 0 radical (unpaired) electrons. The van der Waals surface area contributed by atoms with Gasteiger partial charge in [0.05, 0.1) is 6.42 Å². The lowest BCUT2D eigenvalue weighted by atomic mass is 10.1. The van der Waals surface area contributed by atoms with Crippen LogP contribution in [0.3, 0.4) is 0 Å². The molecule has 0 fully saturated rings. The Labute approximate surface area is 115 Å².